The summed E-state index contributed by atoms with van der Waals surface area (Å²) in [5.74, 6) is -0.137. The number of piperazine rings is 1. The SMILES string of the molecule is Cc1ccc(C(=O)Nc2ccc(CN3CCN(C)CC3)c(C)c2)cc1/C=C/c1cnc2[nH]c(=O)ccc2c1. The Morgan fingerprint density at radius 3 is 2.58 bits per heavy atom. The van der Waals surface area contributed by atoms with Crippen molar-refractivity contribution in [3.05, 3.63) is 105 Å². The second-order valence-electron chi connectivity index (χ2n) is 10.1. The lowest BCUT2D eigenvalue weighted by atomic mass is 10.0. The second kappa shape index (κ2) is 11.1. The molecule has 0 saturated carbocycles. The summed E-state index contributed by atoms with van der Waals surface area (Å²) in [5.41, 5.74) is 7.20. The Hall–Kier alpha value is -4.07. The van der Waals surface area contributed by atoms with Crippen LogP contribution < -0.4 is 10.9 Å². The van der Waals surface area contributed by atoms with Gasteiger partial charge in [0.2, 0.25) is 5.56 Å². The summed E-state index contributed by atoms with van der Waals surface area (Å²) in [6, 6.07) is 17.1. The molecule has 0 atom stereocenters. The van der Waals surface area contributed by atoms with Gasteiger partial charge >= 0.3 is 0 Å². The van der Waals surface area contributed by atoms with E-state index in [1.54, 1.807) is 12.3 Å². The number of likely N-dealkylation sites (N-methyl/N-ethyl adjacent to an activating group) is 1. The molecule has 2 aromatic heterocycles. The van der Waals surface area contributed by atoms with Crippen molar-refractivity contribution >= 4 is 34.8 Å². The molecular formula is C31H33N5O2. The zero-order chi connectivity index (χ0) is 26.6. The predicted molar refractivity (Wildman–Crippen MR) is 154 cm³/mol. The molecule has 1 aliphatic rings. The third kappa shape index (κ3) is 6.07. The molecule has 7 nitrogen and oxygen atoms in total. The molecule has 4 aromatic rings. The minimum Gasteiger partial charge on any atom is -0.322 e. The predicted octanol–water partition coefficient (Wildman–Crippen LogP) is 4.71. The van der Waals surface area contributed by atoms with Crippen molar-refractivity contribution < 1.29 is 4.79 Å². The van der Waals surface area contributed by atoms with Gasteiger partial charge in [0.25, 0.3) is 5.91 Å². The number of hydrogen-bond donors (Lipinski definition) is 2. The third-order valence-corrected chi connectivity index (χ3v) is 7.18. The van der Waals surface area contributed by atoms with E-state index < -0.39 is 0 Å². The lowest BCUT2D eigenvalue weighted by Gasteiger charge is -2.32. The van der Waals surface area contributed by atoms with E-state index >= 15 is 0 Å². The number of rotatable bonds is 6. The van der Waals surface area contributed by atoms with Gasteiger partial charge in [-0.3, -0.25) is 14.5 Å². The summed E-state index contributed by atoms with van der Waals surface area (Å²) in [4.78, 5) is 36.5. The van der Waals surface area contributed by atoms with Crippen LogP contribution in [0.5, 0.6) is 0 Å². The van der Waals surface area contributed by atoms with E-state index in [1.165, 1.54) is 17.2 Å². The number of H-pyrrole nitrogens is 1. The van der Waals surface area contributed by atoms with Crippen LogP contribution in [0.1, 0.15) is 38.2 Å². The van der Waals surface area contributed by atoms with Crippen molar-refractivity contribution in [1.29, 1.82) is 0 Å². The average molecular weight is 508 g/mol. The number of carbonyl (C=O) groups is 1. The molecule has 0 aliphatic carbocycles. The molecule has 0 unspecified atom stereocenters. The van der Waals surface area contributed by atoms with Crippen molar-refractivity contribution in [3.8, 4) is 0 Å². The molecular weight excluding hydrogens is 474 g/mol. The van der Waals surface area contributed by atoms with Crippen LogP contribution in [0.4, 0.5) is 5.69 Å². The van der Waals surface area contributed by atoms with Gasteiger partial charge in [-0.1, -0.05) is 24.3 Å². The van der Waals surface area contributed by atoms with Gasteiger partial charge in [0.05, 0.1) is 0 Å². The Morgan fingerprint density at radius 2 is 1.79 bits per heavy atom. The first-order valence-electron chi connectivity index (χ1n) is 12.9. The zero-order valence-electron chi connectivity index (χ0n) is 22.1. The van der Waals surface area contributed by atoms with E-state index in [1.807, 2.05) is 49.4 Å². The van der Waals surface area contributed by atoms with Crippen LogP contribution in [-0.4, -0.2) is 58.9 Å². The van der Waals surface area contributed by atoms with Gasteiger partial charge in [0.15, 0.2) is 0 Å². The van der Waals surface area contributed by atoms with Gasteiger partial charge in [-0.15, -0.1) is 0 Å². The Kier molecular flexibility index (Phi) is 7.49. The van der Waals surface area contributed by atoms with Crippen LogP contribution in [0.25, 0.3) is 23.2 Å². The summed E-state index contributed by atoms with van der Waals surface area (Å²) < 4.78 is 0. The summed E-state index contributed by atoms with van der Waals surface area (Å²) in [5, 5.41) is 3.92. The largest absolute Gasteiger partial charge is 0.322 e. The Morgan fingerprint density at radius 1 is 0.974 bits per heavy atom. The smallest absolute Gasteiger partial charge is 0.255 e. The van der Waals surface area contributed by atoms with Crippen molar-refractivity contribution in [2.24, 2.45) is 0 Å². The number of benzene rings is 2. The van der Waals surface area contributed by atoms with Gasteiger partial charge in [-0.05, 0) is 85.1 Å². The Balaban J connectivity index is 1.27. The van der Waals surface area contributed by atoms with Crippen molar-refractivity contribution in [1.82, 2.24) is 19.8 Å². The van der Waals surface area contributed by atoms with Crippen molar-refractivity contribution in [2.45, 2.75) is 20.4 Å². The van der Waals surface area contributed by atoms with Crippen LogP contribution in [0.2, 0.25) is 0 Å². The highest BCUT2D eigenvalue weighted by molar-refractivity contribution is 6.04. The monoisotopic (exact) mass is 507 g/mol. The van der Waals surface area contributed by atoms with E-state index in [2.05, 4.69) is 51.2 Å². The number of aromatic nitrogens is 2. The van der Waals surface area contributed by atoms with E-state index in [0.717, 1.165) is 60.5 Å². The minimum atomic E-state index is -0.171. The standard InChI is InChI=1S/C31H33N5O2/c1-21-4-6-26(18-24(21)7-5-23-17-25-9-11-29(37)34-30(25)32-19-23)31(38)33-28-10-8-27(22(2)16-28)20-36-14-12-35(3)13-15-36/h4-11,16-19H,12-15,20H2,1-3H3,(H,33,38)(H,32,34,37)/b7-5+. The lowest BCUT2D eigenvalue weighted by molar-refractivity contribution is 0.102. The Bertz CT molecular complexity index is 1560. The second-order valence-corrected chi connectivity index (χ2v) is 10.1. The number of pyridine rings is 2. The van der Waals surface area contributed by atoms with E-state index in [4.69, 9.17) is 0 Å². The van der Waals surface area contributed by atoms with Crippen LogP contribution >= 0.6 is 0 Å². The van der Waals surface area contributed by atoms with Gasteiger partial charge in [0.1, 0.15) is 5.65 Å². The molecule has 2 aromatic carbocycles. The molecule has 3 heterocycles. The minimum absolute atomic E-state index is 0.137. The molecule has 5 rings (SSSR count). The maximum absolute atomic E-state index is 13.1. The summed E-state index contributed by atoms with van der Waals surface area (Å²) in [6.07, 6.45) is 5.67. The molecule has 1 amide bonds. The number of amides is 1. The van der Waals surface area contributed by atoms with E-state index in [-0.39, 0.29) is 11.5 Å². The van der Waals surface area contributed by atoms with E-state index in [0.29, 0.717) is 11.2 Å². The number of fused-ring (bicyclic) bond motifs is 1. The zero-order valence-corrected chi connectivity index (χ0v) is 22.1. The first-order valence-corrected chi connectivity index (χ1v) is 12.9. The molecule has 0 bridgehead atoms. The maximum atomic E-state index is 13.1. The van der Waals surface area contributed by atoms with Crippen molar-refractivity contribution in [3.63, 3.8) is 0 Å². The topological polar surface area (TPSA) is 81.3 Å². The van der Waals surface area contributed by atoms with Crippen LogP contribution in [0.3, 0.4) is 0 Å². The highest BCUT2D eigenvalue weighted by Gasteiger charge is 2.15. The molecule has 194 valence electrons. The fourth-order valence-electron chi connectivity index (χ4n) is 4.69. The average Bonchev–Trinajstić information content (AvgIpc) is 2.91. The van der Waals surface area contributed by atoms with Crippen LogP contribution in [-0.2, 0) is 6.54 Å². The summed E-state index contributed by atoms with van der Waals surface area (Å²) in [7, 11) is 2.17. The summed E-state index contributed by atoms with van der Waals surface area (Å²) in [6.45, 7) is 9.42. The number of anilines is 1. The van der Waals surface area contributed by atoms with E-state index in [9.17, 15) is 9.59 Å². The molecule has 2 N–H and O–H groups in total. The molecule has 0 radical (unpaired) electrons. The highest BCUT2D eigenvalue weighted by atomic mass is 16.1. The maximum Gasteiger partial charge on any atom is 0.255 e. The first-order chi connectivity index (χ1) is 18.3. The van der Waals surface area contributed by atoms with Crippen LogP contribution in [0, 0.1) is 13.8 Å². The highest BCUT2D eigenvalue weighted by Crippen LogP contribution is 2.20. The van der Waals surface area contributed by atoms with Crippen molar-refractivity contribution in [2.75, 3.05) is 38.5 Å². The lowest BCUT2D eigenvalue weighted by Crippen LogP contribution is -2.43. The number of nitrogens with one attached hydrogen (secondary N) is 2. The Labute approximate surface area is 222 Å². The molecule has 0 spiro atoms. The van der Waals surface area contributed by atoms with Gasteiger partial charge < -0.3 is 15.2 Å². The number of aromatic amines is 1. The number of aryl methyl sites for hydroxylation is 2. The fourth-order valence-corrected chi connectivity index (χ4v) is 4.69. The molecule has 1 aliphatic heterocycles. The fraction of sp³-hybridized carbons (Fsp3) is 0.258. The van der Waals surface area contributed by atoms with Crippen LogP contribution in [0.15, 0.2) is 65.6 Å². The summed E-state index contributed by atoms with van der Waals surface area (Å²) >= 11 is 0. The first kappa shape index (κ1) is 25.6. The number of carbonyl (C=O) groups excluding carboxylic acids is 1. The third-order valence-electron chi connectivity index (χ3n) is 7.18. The number of hydrogen-bond acceptors (Lipinski definition) is 5. The number of nitrogens with zero attached hydrogens (tertiary/aromatic N) is 3. The van der Waals surface area contributed by atoms with Gasteiger partial charge in [-0.25, -0.2) is 4.98 Å². The molecule has 1 fully saturated rings. The molecule has 1 saturated heterocycles. The quantitative estimate of drug-likeness (QED) is 0.395. The van der Waals surface area contributed by atoms with Gasteiger partial charge in [-0.2, -0.15) is 0 Å². The normalized spacial score (nSPS) is 14.8. The molecule has 38 heavy (non-hydrogen) atoms. The van der Waals surface area contributed by atoms with Gasteiger partial charge in [0, 0.05) is 61.6 Å². The molecule has 7 heteroatoms.